The van der Waals surface area contributed by atoms with Gasteiger partial charge < -0.3 is 14.2 Å². The van der Waals surface area contributed by atoms with Crippen LogP contribution in [0.25, 0.3) is 0 Å². The zero-order valence-corrected chi connectivity index (χ0v) is 22.4. The molecule has 0 aromatic carbocycles. The third-order valence-corrected chi connectivity index (χ3v) is 12.1. The van der Waals surface area contributed by atoms with Crippen LogP contribution < -0.4 is 0 Å². The molecule has 0 amide bonds. The van der Waals surface area contributed by atoms with Gasteiger partial charge in [-0.25, -0.2) is 4.79 Å². The summed E-state index contributed by atoms with van der Waals surface area (Å²) >= 11 is 0. The molecular weight excluding hydrogens is 440 g/mol. The Hall–Kier alpha value is -1.62. The molecule has 5 nitrogen and oxygen atoms in total. The summed E-state index contributed by atoms with van der Waals surface area (Å²) in [7, 11) is 0. The quantitative estimate of drug-likeness (QED) is 0.361. The first kappa shape index (κ1) is 23.8. The Labute approximate surface area is 210 Å². The number of rotatable bonds is 2. The van der Waals surface area contributed by atoms with Crippen molar-refractivity contribution in [2.24, 2.45) is 34.0 Å². The number of allylic oxidation sites excluding steroid dienone is 1. The lowest BCUT2D eigenvalue weighted by Gasteiger charge is -2.73. The summed E-state index contributed by atoms with van der Waals surface area (Å²) in [5.41, 5.74) is 1.53. The molecule has 0 aromatic heterocycles. The van der Waals surface area contributed by atoms with Crippen molar-refractivity contribution in [3.8, 4) is 0 Å². The largest absolute Gasteiger partial charge is 0.465 e. The minimum absolute atomic E-state index is 0.0233. The standard InChI is InChI=1S/C30H42O5/c1-18-7-8-21(34-25(18)32)19(2)20-9-14-28(6)27(20,5)13-10-23-29(15-12-24(31)33-17-29)22-11-16-30(23,28)35-26(22,3)4/h7,10,19-22H,8-9,11-17H2,1-6H3/t19-,20+,21-,22-,27+,28+,29+,30-/m0/s1. The van der Waals surface area contributed by atoms with Gasteiger partial charge in [0, 0.05) is 35.2 Å². The number of esters is 2. The Kier molecular flexibility index (Phi) is 4.91. The summed E-state index contributed by atoms with van der Waals surface area (Å²) in [6.07, 6.45) is 12.2. The van der Waals surface area contributed by atoms with E-state index in [0.717, 1.165) is 50.5 Å². The van der Waals surface area contributed by atoms with Crippen molar-refractivity contribution < 1.29 is 23.8 Å². The van der Waals surface area contributed by atoms with Gasteiger partial charge in [0.1, 0.15) is 12.7 Å². The van der Waals surface area contributed by atoms with Crippen molar-refractivity contribution in [2.75, 3.05) is 6.61 Å². The third kappa shape index (κ3) is 2.80. The van der Waals surface area contributed by atoms with Gasteiger partial charge in [-0.1, -0.05) is 32.9 Å². The van der Waals surface area contributed by atoms with E-state index in [9.17, 15) is 9.59 Å². The second kappa shape index (κ2) is 7.24. The van der Waals surface area contributed by atoms with Gasteiger partial charge in [-0.3, -0.25) is 4.79 Å². The molecule has 192 valence electrons. The van der Waals surface area contributed by atoms with Gasteiger partial charge in [0.2, 0.25) is 0 Å². The lowest BCUT2D eigenvalue weighted by atomic mass is 9.39. The highest BCUT2D eigenvalue weighted by Crippen LogP contribution is 2.77. The number of fused-ring (bicyclic) bond motifs is 3. The van der Waals surface area contributed by atoms with E-state index < -0.39 is 0 Å². The summed E-state index contributed by atoms with van der Waals surface area (Å²) in [5.74, 6) is 0.901. The number of carbonyl (C=O) groups excluding carboxylic acids is 2. The van der Waals surface area contributed by atoms with Crippen LogP contribution in [-0.2, 0) is 23.8 Å². The highest BCUT2D eigenvalue weighted by Gasteiger charge is 2.76. The third-order valence-electron chi connectivity index (χ3n) is 12.1. The van der Waals surface area contributed by atoms with E-state index in [2.05, 4.69) is 46.8 Å². The molecule has 35 heavy (non-hydrogen) atoms. The molecule has 4 heterocycles. The Balaban J connectivity index is 1.42. The summed E-state index contributed by atoms with van der Waals surface area (Å²) in [6, 6.07) is 0. The van der Waals surface area contributed by atoms with Gasteiger partial charge in [-0.15, -0.1) is 0 Å². The molecule has 7 rings (SSSR count). The van der Waals surface area contributed by atoms with E-state index in [0.29, 0.717) is 30.8 Å². The van der Waals surface area contributed by atoms with Gasteiger partial charge in [0.25, 0.3) is 0 Å². The summed E-state index contributed by atoms with van der Waals surface area (Å²) in [4.78, 5) is 24.5. The molecule has 8 atom stereocenters. The van der Waals surface area contributed by atoms with Crippen molar-refractivity contribution in [2.45, 2.75) is 110 Å². The van der Waals surface area contributed by atoms with Gasteiger partial charge in [-0.2, -0.15) is 0 Å². The Bertz CT molecular complexity index is 1030. The van der Waals surface area contributed by atoms with Gasteiger partial charge in [0.05, 0.1) is 11.2 Å². The van der Waals surface area contributed by atoms with Crippen LogP contribution in [0.5, 0.6) is 0 Å². The molecule has 0 aromatic rings. The van der Waals surface area contributed by atoms with E-state index in [1.807, 2.05) is 6.92 Å². The van der Waals surface area contributed by atoms with E-state index in [4.69, 9.17) is 14.2 Å². The fourth-order valence-corrected chi connectivity index (χ4v) is 10.1. The Morgan fingerprint density at radius 2 is 1.80 bits per heavy atom. The van der Waals surface area contributed by atoms with Crippen LogP contribution in [-0.4, -0.2) is 35.9 Å². The normalized spacial score (nSPS) is 48.9. The molecule has 2 spiro atoms. The van der Waals surface area contributed by atoms with E-state index in [-0.39, 0.29) is 45.5 Å². The van der Waals surface area contributed by atoms with Crippen molar-refractivity contribution in [1.29, 1.82) is 0 Å². The predicted octanol–water partition coefficient (Wildman–Crippen LogP) is 5.92. The highest BCUT2D eigenvalue weighted by atomic mass is 16.5. The van der Waals surface area contributed by atoms with Gasteiger partial charge >= 0.3 is 11.9 Å². The number of ether oxygens (including phenoxy) is 3. The van der Waals surface area contributed by atoms with Gasteiger partial charge in [-0.05, 0) is 82.1 Å². The molecular formula is C30H42O5. The SMILES string of the molecule is CC1=CC[C@@H]([C@@H](C)[C@H]2CC[C@@]3(C)[C@@]45CC[C@@H](C(C)(C)O4)[C@]4(CCC(=O)OC4)C5=CC[C@]23C)OC1=O. The van der Waals surface area contributed by atoms with E-state index >= 15 is 0 Å². The van der Waals surface area contributed by atoms with Crippen LogP contribution in [0.3, 0.4) is 0 Å². The topological polar surface area (TPSA) is 61.8 Å². The molecule has 0 radical (unpaired) electrons. The van der Waals surface area contributed by atoms with Crippen molar-refractivity contribution >= 4 is 11.9 Å². The number of cyclic esters (lactones) is 2. The fourth-order valence-electron chi connectivity index (χ4n) is 10.1. The molecule has 5 fully saturated rings. The summed E-state index contributed by atoms with van der Waals surface area (Å²) in [6.45, 7) is 14.2. The Morgan fingerprint density at radius 3 is 2.46 bits per heavy atom. The smallest absolute Gasteiger partial charge is 0.333 e. The average molecular weight is 483 g/mol. The maximum Gasteiger partial charge on any atom is 0.333 e. The van der Waals surface area contributed by atoms with Crippen molar-refractivity contribution in [3.63, 3.8) is 0 Å². The molecule has 3 saturated heterocycles. The molecule has 2 saturated carbocycles. The minimum Gasteiger partial charge on any atom is -0.465 e. The summed E-state index contributed by atoms with van der Waals surface area (Å²) < 4.78 is 19.0. The second-order valence-electron chi connectivity index (χ2n) is 13.6. The van der Waals surface area contributed by atoms with Crippen LogP contribution in [0.4, 0.5) is 0 Å². The number of hydrogen-bond acceptors (Lipinski definition) is 5. The molecule has 0 unspecified atom stereocenters. The van der Waals surface area contributed by atoms with Crippen LogP contribution in [0.1, 0.15) is 92.9 Å². The van der Waals surface area contributed by atoms with Gasteiger partial charge in [0.15, 0.2) is 0 Å². The zero-order valence-electron chi connectivity index (χ0n) is 22.4. The minimum atomic E-state index is -0.323. The first-order valence-corrected chi connectivity index (χ1v) is 13.8. The lowest BCUT2D eigenvalue weighted by molar-refractivity contribution is -0.312. The first-order chi connectivity index (χ1) is 16.4. The van der Waals surface area contributed by atoms with Crippen molar-refractivity contribution in [1.82, 2.24) is 0 Å². The predicted molar refractivity (Wildman–Crippen MR) is 132 cm³/mol. The first-order valence-electron chi connectivity index (χ1n) is 13.8. The lowest BCUT2D eigenvalue weighted by Crippen LogP contribution is -2.74. The van der Waals surface area contributed by atoms with Crippen LogP contribution in [0, 0.1) is 34.0 Å². The molecule has 2 bridgehead atoms. The molecule has 7 aliphatic rings. The molecule has 0 N–H and O–H groups in total. The highest BCUT2D eigenvalue weighted by molar-refractivity contribution is 5.88. The van der Waals surface area contributed by atoms with E-state index in [1.54, 1.807) is 0 Å². The fraction of sp³-hybridized carbons (Fsp3) is 0.800. The molecule has 3 aliphatic carbocycles. The maximum absolute atomic E-state index is 12.4. The second-order valence-corrected chi connectivity index (χ2v) is 13.6. The zero-order chi connectivity index (χ0) is 25.0. The number of hydrogen-bond donors (Lipinski definition) is 0. The maximum atomic E-state index is 12.4. The summed E-state index contributed by atoms with van der Waals surface area (Å²) in [5, 5.41) is 0. The van der Waals surface area contributed by atoms with Crippen LogP contribution in [0.2, 0.25) is 0 Å². The Morgan fingerprint density at radius 1 is 1.03 bits per heavy atom. The monoisotopic (exact) mass is 482 g/mol. The van der Waals surface area contributed by atoms with Crippen LogP contribution >= 0.6 is 0 Å². The average Bonchev–Trinajstić information content (AvgIpc) is 3.09. The van der Waals surface area contributed by atoms with Crippen molar-refractivity contribution in [3.05, 3.63) is 23.3 Å². The van der Waals surface area contributed by atoms with E-state index in [1.165, 1.54) is 5.57 Å². The number of carbonyl (C=O) groups is 2. The molecule has 4 aliphatic heterocycles. The molecule has 5 heteroatoms. The van der Waals surface area contributed by atoms with Crippen LogP contribution in [0.15, 0.2) is 23.3 Å².